The molecule has 7 aliphatic rings. The number of aliphatic hydroxyl groups excluding tert-OH is 1. The van der Waals surface area contributed by atoms with E-state index in [4.69, 9.17) is 24.0 Å². The summed E-state index contributed by atoms with van der Waals surface area (Å²) in [6.07, 6.45) is 0.0849. The summed E-state index contributed by atoms with van der Waals surface area (Å²) in [5.41, 5.74) is -8.97. The Balaban J connectivity index is 1.49. The van der Waals surface area contributed by atoms with Crippen molar-refractivity contribution in [3.8, 4) is 0 Å². The summed E-state index contributed by atoms with van der Waals surface area (Å²) in [7, 11) is 0. The molecule has 0 aromatic rings. The lowest BCUT2D eigenvalue weighted by Crippen LogP contribution is -2.81. The third-order valence-corrected chi connectivity index (χ3v) is 13.3. The molecule has 42 heavy (non-hydrogen) atoms. The number of ether oxygens (including phenoxy) is 3. The Hall–Kier alpha value is -1.89. The van der Waals surface area contributed by atoms with Crippen LogP contribution in [0.4, 0.5) is 0 Å². The summed E-state index contributed by atoms with van der Waals surface area (Å²) in [6.45, 7) is 10.7. The van der Waals surface area contributed by atoms with Crippen LogP contribution >= 0.6 is 0 Å². The lowest BCUT2D eigenvalue weighted by atomic mass is 9.45. The number of hydrogen-bond acceptors (Lipinski definition) is 11. The van der Waals surface area contributed by atoms with Gasteiger partial charge in [-0.3, -0.25) is 14.4 Å². The zero-order valence-corrected chi connectivity index (χ0v) is 25.1. The minimum absolute atomic E-state index is 0.0504. The number of carbonyl (C=O) groups excluding carboxylic acids is 3. The van der Waals surface area contributed by atoms with Crippen molar-refractivity contribution < 1.29 is 53.7 Å². The molecule has 4 heterocycles. The van der Waals surface area contributed by atoms with E-state index in [1.807, 2.05) is 6.92 Å². The van der Waals surface area contributed by atoms with Crippen molar-refractivity contribution in [3.63, 3.8) is 0 Å². The highest BCUT2D eigenvalue weighted by atomic mass is 17.2. The normalized spacial score (nSPS) is 57.6. The van der Waals surface area contributed by atoms with Crippen LogP contribution < -0.4 is 0 Å². The summed E-state index contributed by atoms with van der Waals surface area (Å²) >= 11 is 0. The number of aliphatic hydroxyl groups is 3. The Bertz CT molecular complexity index is 1310. The number of hydrogen-bond donors (Lipinski definition) is 3. The quantitative estimate of drug-likeness (QED) is 0.326. The molecule has 7 rings (SSSR count). The fourth-order valence-electron chi connectivity index (χ4n) is 10.7. The Morgan fingerprint density at radius 1 is 1.10 bits per heavy atom. The molecular weight excluding hydrogens is 548 g/mol. The van der Waals surface area contributed by atoms with Crippen LogP contribution in [0.3, 0.4) is 0 Å². The molecule has 5 fully saturated rings. The van der Waals surface area contributed by atoms with Gasteiger partial charge in [-0.05, 0) is 70.3 Å². The molecule has 0 aromatic carbocycles. The molecule has 13 atom stereocenters. The largest absolute Gasteiger partial charge is 0.459 e. The van der Waals surface area contributed by atoms with Crippen LogP contribution in [0.25, 0.3) is 0 Å². The second-order valence-electron chi connectivity index (χ2n) is 14.5. The number of fused-ring (bicyclic) bond motifs is 7. The van der Waals surface area contributed by atoms with Crippen molar-refractivity contribution >= 4 is 17.5 Å². The van der Waals surface area contributed by atoms with E-state index in [0.29, 0.717) is 5.76 Å². The molecule has 0 amide bonds. The van der Waals surface area contributed by atoms with Crippen LogP contribution in [-0.4, -0.2) is 79.9 Å². The van der Waals surface area contributed by atoms with Crippen molar-refractivity contribution in [1.82, 2.24) is 0 Å². The minimum atomic E-state index is -2.50. The Morgan fingerprint density at radius 2 is 1.81 bits per heavy atom. The maximum atomic E-state index is 15.0. The second kappa shape index (κ2) is 8.22. The van der Waals surface area contributed by atoms with Gasteiger partial charge in [-0.25, -0.2) is 0 Å². The van der Waals surface area contributed by atoms with E-state index in [1.165, 1.54) is 0 Å². The van der Waals surface area contributed by atoms with Crippen molar-refractivity contribution in [2.75, 3.05) is 6.61 Å². The van der Waals surface area contributed by atoms with Gasteiger partial charge >= 0.3 is 5.97 Å². The average molecular weight is 591 g/mol. The molecule has 4 unspecified atom stereocenters. The first-order valence-corrected chi connectivity index (χ1v) is 15.4. The van der Waals surface area contributed by atoms with Gasteiger partial charge in [0.25, 0.3) is 0 Å². The fraction of sp³-hybridized carbons (Fsp3) is 0.839. The summed E-state index contributed by atoms with van der Waals surface area (Å²) in [4.78, 5) is 53.3. The maximum Gasteiger partial charge on any atom is 0.309 e. The zero-order valence-electron chi connectivity index (χ0n) is 25.1. The van der Waals surface area contributed by atoms with E-state index in [1.54, 1.807) is 40.7 Å². The predicted octanol–water partition coefficient (Wildman–Crippen LogP) is 1.89. The van der Waals surface area contributed by atoms with Gasteiger partial charge in [0, 0.05) is 12.5 Å². The molecule has 232 valence electrons. The molecular formula is C31H42O11. The first-order valence-electron chi connectivity index (χ1n) is 15.4. The molecule has 6 bridgehead atoms. The SMILES string of the molecule is CCO[C@@]1(C)C2C[C@@](C)(C3C(=O)[C@]4(O)O[C@@]31[C@](O)(CC)CCC1C4C[C@H](O)[C@@]34C=C(CC(=O)[C@]13C)OO4)[C@@H](C)C(=O)O2. The van der Waals surface area contributed by atoms with E-state index in [0.717, 1.165) is 0 Å². The summed E-state index contributed by atoms with van der Waals surface area (Å²) < 4.78 is 19.2. The van der Waals surface area contributed by atoms with E-state index in [2.05, 4.69) is 0 Å². The summed E-state index contributed by atoms with van der Waals surface area (Å²) in [5.74, 6) is -7.17. The Morgan fingerprint density at radius 3 is 2.48 bits per heavy atom. The fourth-order valence-corrected chi connectivity index (χ4v) is 10.7. The van der Waals surface area contributed by atoms with Crippen LogP contribution in [0.15, 0.2) is 11.8 Å². The van der Waals surface area contributed by atoms with E-state index in [-0.39, 0.29) is 50.9 Å². The van der Waals surface area contributed by atoms with Crippen LogP contribution in [0.2, 0.25) is 0 Å². The summed E-state index contributed by atoms with van der Waals surface area (Å²) in [5, 5.41) is 37.3. The number of ketones is 2. The first-order chi connectivity index (χ1) is 19.6. The number of carbonyl (C=O) groups is 3. The van der Waals surface area contributed by atoms with Crippen LogP contribution in [0, 0.1) is 34.5 Å². The highest BCUT2D eigenvalue weighted by Crippen LogP contribution is 2.73. The molecule has 3 saturated heterocycles. The minimum Gasteiger partial charge on any atom is -0.459 e. The number of Topliss-reactive ketones (excluding diaryl/α,β-unsaturated/α-hetero) is 2. The van der Waals surface area contributed by atoms with Gasteiger partial charge in [0.15, 0.2) is 11.4 Å². The van der Waals surface area contributed by atoms with Gasteiger partial charge in [-0.1, -0.05) is 20.8 Å². The predicted molar refractivity (Wildman–Crippen MR) is 142 cm³/mol. The van der Waals surface area contributed by atoms with Gasteiger partial charge in [-0.2, -0.15) is 4.89 Å². The van der Waals surface area contributed by atoms with E-state index < -0.39 is 86.7 Å². The maximum absolute atomic E-state index is 15.0. The number of rotatable bonds is 3. The van der Waals surface area contributed by atoms with Gasteiger partial charge in [0.2, 0.25) is 5.79 Å². The highest BCUT2D eigenvalue weighted by Gasteiger charge is 2.87. The standard InChI is InChI=1S/C31H42O11/c1-7-28(36)10-9-17-18(12-20(33)29-13-16(40-42-29)11-19(32)26(17,29)5)30(37)23(34)22-25(4)14-21(39-24(35)15(25)3)27(6,38-8-2)31(22,28)41-30/h13,15,17-18,20-22,33,36-37H,7-12,14H2,1-6H3/t15-,17?,18?,20-,21?,22?,25+,26-,27-,28-,29-,30+,31-/m0/s1. The van der Waals surface area contributed by atoms with Crippen molar-refractivity contribution in [2.24, 2.45) is 34.5 Å². The molecule has 0 aromatic heterocycles. The highest BCUT2D eigenvalue weighted by molar-refractivity contribution is 5.95. The van der Waals surface area contributed by atoms with E-state index in [9.17, 15) is 24.9 Å². The molecule has 4 aliphatic heterocycles. The lowest BCUT2D eigenvalue weighted by Gasteiger charge is -2.67. The van der Waals surface area contributed by atoms with Crippen molar-refractivity contribution in [1.29, 1.82) is 0 Å². The molecule has 3 aliphatic carbocycles. The molecule has 2 saturated carbocycles. The molecule has 11 heteroatoms. The topological polar surface area (TPSA) is 158 Å². The lowest BCUT2D eigenvalue weighted by molar-refractivity contribution is -0.401. The van der Waals surface area contributed by atoms with Crippen molar-refractivity contribution in [2.45, 2.75) is 120 Å². The van der Waals surface area contributed by atoms with E-state index >= 15 is 4.79 Å². The van der Waals surface area contributed by atoms with Crippen LogP contribution in [-0.2, 0) is 38.4 Å². The second-order valence-corrected chi connectivity index (χ2v) is 14.5. The van der Waals surface area contributed by atoms with Gasteiger partial charge in [0.1, 0.15) is 28.8 Å². The molecule has 3 N–H and O–H groups in total. The monoisotopic (exact) mass is 590 g/mol. The third kappa shape index (κ3) is 2.75. The first kappa shape index (κ1) is 28.9. The molecule has 0 radical (unpaired) electrons. The van der Waals surface area contributed by atoms with Crippen molar-refractivity contribution in [3.05, 3.63) is 11.8 Å². The number of allylic oxidation sites excluding steroid dienone is 1. The average Bonchev–Trinajstić information content (AvgIpc) is 3.45. The van der Waals surface area contributed by atoms with Gasteiger partial charge in [-0.15, -0.1) is 0 Å². The summed E-state index contributed by atoms with van der Waals surface area (Å²) in [6, 6.07) is 0. The van der Waals surface area contributed by atoms with Crippen LogP contribution in [0.5, 0.6) is 0 Å². The van der Waals surface area contributed by atoms with Gasteiger partial charge < -0.3 is 34.4 Å². The van der Waals surface area contributed by atoms with Crippen LogP contribution in [0.1, 0.15) is 80.1 Å². The smallest absolute Gasteiger partial charge is 0.309 e. The number of esters is 1. The van der Waals surface area contributed by atoms with Gasteiger partial charge in [0.05, 0.1) is 35.4 Å². The Kier molecular flexibility index (Phi) is 5.65. The zero-order chi connectivity index (χ0) is 30.5. The molecule has 11 nitrogen and oxygen atoms in total. The third-order valence-electron chi connectivity index (χ3n) is 13.3. The Labute approximate surface area is 244 Å². The molecule has 2 spiro atoms.